The standard InChI is InChI=1S/C30H36N4O4S/c1-30(2,3)22-12-15-24(16-13-22)39(36,37)33-23-14-17-26-25(20-23)27(21-10-7-6-8-11-21)28(32-26)38-29(35)31-18-9-19-34(4)5/h6-8,10-17,20,32-33H,9,18-19H2,1-5H3,(H,31,35). The maximum Gasteiger partial charge on any atom is 0.413 e. The van der Waals surface area contributed by atoms with E-state index in [0.29, 0.717) is 29.2 Å². The molecular weight excluding hydrogens is 512 g/mol. The van der Waals surface area contributed by atoms with Gasteiger partial charge in [0.05, 0.1) is 10.5 Å². The summed E-state index contributed by atoms with van der Waals surface area (Å²) in [6.07, 6.45) is 0.236. The second kappa shape index (κ2) is 11.5. The molecule has 0 aliphatic heterocycles. The number of aromatic amines is 1. The van der Waals surface area contributed by atoms with Crippen LogP contribution in [-0.2, 0) is 15.4 Å². The number of hydrogen-bond donors (Lipinski definition) is 3. The number of aromatic nitrogens is 1. The fourth-order valence-corrected chi connectivity index (χ4v) is 5.31. The second-order valence-electron chi connectivity index (χ2n) is 10.8. The van der Waals surface area contributed by atoms with Gasteiger partial charge in [-0.1, -0.05) is 63.2 Å². The van der Waals surface area contributed by atoms with Crippen LogP contribution in [0.1, 0.15) is 32.8 Å². The van der Waals surface area contributed by atoms with Gasteiger partial charge >= 0.3 is 6.09 Å². The molecule has 0 spiro atoms. The molecule has 0 unspecified atom stereocenters. The number of rotatable bonds is 9. The molecule has 0 atom stereocenters. The van der Waals surface area contributed by atoms with Crippen molar-refractivity contribution in [3.8, 4) is 17.0 Å². The number of ether oxygens (including phenoxy) is 1. The number of carbonyl (C=O) groups excluding carboxylic acids is 1. The smallest absolute Gasteiger partial charge is 0.393 e. The Bertz CT molecular complexity index is 1540. The molecule has 0 radical (unpaired) electrons. The molecule has 0 saturated heterocycles. The fraction of sp³-hybridized carbons (Fsp3) is 0.300. The first kappa shape index (κ1) is 28.2. The molecule has 0 aliphatic carbocycles. The van der Waals surface area contributed by atoms with Crippen LogP contribution in [0, 0.1) is 0 Å². The van der Waals surface area contributed by atoms with Gasteiger partial charge in [-0.05, 0) is 73.9 Å². The van der Waals surface area contributed by atoms with Crippen molar-refractivity contribution in [2.75, 3.05) is 31.9 Å². The molecule has 206 valence electrons. The predicted molar refractivity (Wildman–Crippen MR) is 157 cm³/mol. The Balaban J connectivity index is 1.63. The first-order chi connectivity index (χ1) is 18.4. The molecule has 4 rings (SSSR count). The van der Waals surface area contributed by atoms with Crippen LogP contribution in [0.2, 0.25) is 0 Å². The van der Waals surface area contributed by atoms with Crippen molar-refractivity contribution in [1.82, 2.24) is 15.2 Å². The lowest BCUT2D eigenvalue weighted by atomic mass is 9.87. The summed E-state index contributed by atoms with van der Waals surface area (Å²) in [4.78, 5) is 18.0. The molecule has 0 bridgehead atoms. The highest BCUT2D eigenvalue weighted by molar-refractivity contribution is 7.92. The maximum absolute atomic E-state index is 13.2. The topological polar surface area (TPSA) is 104 Å². The minimum atomic E-state index is -3.81. The van der Waals surface area contributed by atoms with Crippen LogP contribution in [0.25, 0.3) is 22.0 Å². The van der Waals surface area contributed by atoms with Crippen molar-refractivity contribution < 1.29 is 17.9 Å². The van der Waals surface area contributed by atoms with Crippen molar-refractivity contribution in [1.29, 1.82) is 0 Å². The summed E-state index contributed by atoms with van der Waals surface area (Å²) in [6.45, 7) is 7.58. The number of fused-ring (bicyclic) bond motifs is 1. The fourth-order valence-electron chi connectivity index (χ4n) is 4.26. The molecule has 1 amide bonds. The molecule has 0 aliphatic rings. The molecule has 39 heavy (non-hydrogen) atoms. The molecular formula is C30H36N4O4S. The molecule has 9 heteroatoms. The van der Waals surface area contributed by atoms with Crippen LogP contribution < -0.4 is 14.8 Å². The number of nitrogens with one attached hydrogen (secondary N) is 3. The maximum atomic E-state index is 13.2. The van der Waals surface area contributed by atoms with E-state index in [4.69, 9.17) is 4.74 Å². The summed E-state index contributed by atoms with van der Waals surface area (Å²) in [5.41, 5.74) is 3.59. The Morgan fingerprint density at radius 1 is 0.974 bits per heavy atom. The van der Waals surface area contributed by atoms with Crippen molar-refractivity contribution in [2.24, 2.45) is 0 Å². The zero-order valence-corrected chi connectivity index (χ0v) is 23.9. The van der Waals surface area contributed by atoms with Crippen molar-refractivity contribution >= 4 is 32.7 Å². The molecule has 1 aromatic heterocycles. The summed E-state index contributed by atoms with van der Waals surface area (Å²) in [5, 5.41) is 3.51. The van der Waals surface area contributed by atoms with E-state index in [-0.39, 0.29) is 10.3 Å². The molecule has 0 saturated carbocycles. The third-order valence-corrected chi connectivity index (χ3v) is 7.75. The summed E-state index contributed by atoms with van der Waals surface area (Å²) < 4.78 is 34.7. The highest BCUT2D eigenvalue weighted by Gasteiger charge is 2.21. The summed E-state index contributed by atoms with van der Waals surface area (Å²) in [7, 11) is 0.144. The van der Waals surface area contributed by atoms with Crippen molar-refractivity contribution in [3.63, 3.8) is 0 Å². The monoisotopic (exact) mass is 548 g/mol. The number of nitrogens with zero attached hydrogens (tertiary/aromatic N) is 1. The lowest BCUT2D eigenvalue weighted by Gasteiger charge is -2.19. The van der Waals surface area contributed by atoms with Gasteiger partial charge in [-0.15, -0.1) is 0 Å². The number of anilines is 1. The molecule has 0 fully saturated rings. The van der Waals surface area contributed by atoms with E-state index in [1.165, 1.54) is 0 Å². The molecule has 3 aromatic carbocycles. The quantitative estimate of drug-likeness (QED) is 0.224. The van der Waals surface area contributed by atoms with Crippen molar-refractivity contribution in [3.05, 3.63) is 78.4 Å². The average molecular weight is 549 g/mol. The Hall–Kier alpha value is -3.82. The van der Waals surface area contributed by atoms with Gasteiger partial charge in [0, 0.05) is 23.1 Å². The average Bonchev–Trinajstić information content (AvgIpc) is 3.23. The van der Waals surface area contributed by atoms with E-state index in [2.05, 4.69) is 35.8 Å². The van der Waals surface area contributed by atoms with Crippen LogP contribution in [0.15, 0.2) is 77.7 Å². The SMILES string of the molecule is CN(C)CCCNC(=O)Oc1[nH]c2ccc(NS(=O)(=O)c3ccc(C(C)(C)C)cc3)cc2c1-c1ccccc1. The molecule has 1 heterocycles. The van der Waals surface area contributed by atoms with Gasteiger partial charge < -0.3 is 19.9 Å². The highest BCUT2D eigenvalue weighted by Crippen LogP contribution is 2.39. The Kier molecular flexibility index (Phi) is 8.32. The first-order valence-electron chi connectivity index (χ1n) is 12.9. The number of H-pyrrole nitrogens is 1. The normalized spacial score (nSPS) is 12.1. The summed E-state index contributed by atoms with van der Waals surface area (Å²) >= 11 is 0. The van der Waals surface area contributed by atoms with E-state index in [0.717, 1.165) is 29.5 Å². The van der Waals surface area contributed by atoms with E-state index < -0.39 is 16.1 Å². The minimum Gasteiger partial charge on any atom is -0.393 e. The zero-order valence-electron chi connectivity index (χ0n) is 23.0. The third-order valence-electron chi connectivity index (χ3n) is 6.36. The number of carbonyl (C=O) groups is 1. The van der Waals surface area contributed by atoms with Gasteiger partial charge in [0.1, 0.15) is 0 Å². The predicted octanol–water partition coefficient (Wildman–Crippen LogP) is 5.97. The number of hydrogen-bond acceptors (Lipinski definition) is 5. The van der Waals surface area contributed by atoms with Crippen LogP contribution >= 0.6 is 0 Å². The van der Waals surface area contributed by atoms with Gasteiger partial charge in [-0.25, -0.2) is 13.2 Å². The third kappa shape index (κ3) is 6.99. The Morgan fingerprint density at radius 3 is 2.31 bits per heavy atom. The van der Waals surface area contributed by atoms with Gasteiger partial charge in [0.25, 0.3) is 10.0 Å². The first-order valence-corrected chi connectivity index (χ1v) is 14.4. The van der Waals surface area contributed by atoms with Crippen LogP contribution in [0.4, 0.5) is 10.5 Å². The van der Waals surface area contributed by atoms with Crippen LogP contribution in [0.3, 0.4) is 0 Å². The molecule has 4 aromatic rings. The van der Waals surface area contributed by atoms with Gasteiger partial charge in [-0.2, -0.15) is 0 Å². The van der Waals surface area contributed by atoms with Gasteiger partial charge in [-0.3, -0.25) is 4.72 Å². The Morgan fingerprint density at radius 2 is 1.67 bits per heavy atom. The van der Waals surface area contributed by atoms with Crippen LogP contribution in [0.5, 0.6) is 5.88 Å². The number of benzene rings is 3. The van der Waals surface area contributed by atoms with Gasteiger partial charge in [0.2, 0.25) is 5.88 Å². The Labute approximate surface area is 230 Å². The lowest BCUT2D eigenvalue weighted by Crippen LogP contribution is -2.29. The highest BCUT2D eigenvalue weighted by atomic mass is 32.2. The van der Waals surface area contributed by atoms with E-state index in [9.17, 15) is 13.2 Å². The lowest BCUT2D eigenvalue weighted by molar-refractivity contribution is 0.198. The molecule has 3 N–H and O–H groups in total. The largest absolute Gasteiger partial charge is 0.413 e. The van der Waals surface area contributed by atoms with Crippen molar-refractivity contribution in [2.45, 2.75) is 37.5 Å². The van der Waals surface area contributed by atoms with E-state index >= 15 is 0 Å². The van der Waals surface area contributed by atoms with Crippen LogP contribution in [-0.4, -0.2) is 51.6 Å². The van der Waals surface area contributed by atoms with Gasteiger partial charge in [0.15, 0.2) is 0 Å². The number of amides is 1. The number of sulfonamides is 1. The second-order valence-corrected chi connectivity index (χ2v) is 12.5. The minimum absolute atomic E-state index is 0.0776. The zero-order chi connectivity index (χ0) is 28.2. The van der Waals surface area contributed by atoms with E-state index in [1.807, 2.05) is 61.5 Å². The van der Waals surface area contributed by atoms with E-state index in [1.54, 1.807) is 30.3 Å². The molecule has 8 nitrogen and oxygen atoms in total. The summed E-state index contributed by atoms with van der Waals surface area (Å²) in [6, 6.07) is 21.6. The summed E-state index contributed by atoms with van der Waals surface area (Å²) in [5.74, 6) is 0.291.